The molecule has 14 atom stereocenters. The van der Waals surface area contributed by atoms with E-state index in [1.165, 1.54) is 0 Å². The molecule has 254 valence electrons. The topological polar surface area (TPSA) is 137 Å². The maximum atomic E-state index is 14.6. The van der Waals surface area contributed by atoms with Gasteiger partial charge in [-0.05, 0) is 97.2 Å². The summed E-state index contributed by atoms with van der Waals surface area (Å²) in [5.74, 6) is 1.16. The minimum atomic E-state index is -1.51. The van der Waals surface area contributed by atoms with Gasteiger partial charge in [-0.15, -0.1) is 0 Å². The zero-order valence-electron chi connectivity index (χ0n) is 28.6. The predicted octanol–water partition coefficient (Wildman–Crippen LogP) is 4.61. The fourth-order valence-corrected chi connectivity index (χ4v) is 11.7. The number of aliphatic hydroxyl groups is 5. The number of ketones is 1. The SMILES string of the molecule is CC(C)CCC[C@](C)(O[C@@H]1OC(CO)[C@@H](O)[C@H](O)C1O)C1CC[C@]2(C)C1C(=O)CC1[C@@]3(C)CC[C@H](O)C(C)(C)C3CC[C@]12C. The molecular formula is C36H62O8. The molecule has 8 heteroatoms. The van der Waals surface area contributed by atoms with Crippen LogP contribution in [0, 0.1) is 51.2 Å². The molecule has 1 saturated heterocycles. The first-order valence-corrected chi connectivity index (χ1v) is 17.6. The van der Waals surface area contributed by atoms with E-state index in [0.29, 0.717) is 30.5 Å². The van der Waals surface area contributed by atoms with Gasteiger partial charge in [0.2, 0.25) is 0 Å². The number of ether oxygens (including phenoxy) is 2. The first-order chi connectivity index (χ1) is 20.4. The van der Waals surface area contributed by atoms with E-state index in [4.69, 9.17) is 9.47 Å². The van der Waals surface area contributed by atoms with Crippen LogP contribution in [0.1, 0.15) is 120 Å². The molecule has 0 amide bonds. The van der Waals surface area contributed by atoms with E-state index in [-0.39, 0.29) is 45.5 Å². The summed E-state index contributed by atoms with van der Waals surface area (Å²) in [4.78, 5) is 14.6. The van der Waals surface area contributed by atoms with Gasteiger partial charge in [0.15, 0.2) is 6.29 Å². The first kappa shape index (κ1) is 34.7. The molecule has 1 heterocycles. The highest BCUT2D eigenvalue weighted by atomic mass is 16.7. The number of hydrogen-bond acceptors (Lipinski definition) is 8. The van der Waals surface area contributed by atoms with Crippen LogP contribution in [0.5, 0.6) is 0 Å². The van der Waals surface area contributed by atoms with Crippen molar-refractivity contribution in [2.24, 2.45) is 51.2 Å². The van der Waals surface area contributed by atoms with Crippen molar-refractivity contribution in [1.29, 1.82) is 0 Å². The van der Waals surface area contributed by atoms with Crippen LogP contribution in [-0.4, -0.2) is 80.3 Å². The number of fused-ring (bicyclic) bond motifs is 5. The third kappa shape index (κ3) is 5.16. The molecule has 44 heavy (non-hydrogen) atoms. The van der Waals surface area contributed by atoms with Gasteiger partial charge in [0.1, 0.15) is 30.2 Å². The van der Waals surface area contributed by atoms with Gasteiger partial charge >= 0.3 is 0 Å². The fraction of sp³-hybridized carbons (Fsp3) is 0.972. The summed E-state index contributed by atoms with van der Waals surface area (Å²) in [7, 11) is 0. The molecule has 0 bridgehead atoms. The monoisotopic (exact) mass is 622 g/mol. The third-order valence-electron chi connectivity index (χ3n) is 14.6. The van der Waals surface area contributed by atoms with Crippen LogP contribution in [0.3, 0.4) is 0 Å². The molecule has 1 aliphatic heterocycles. The second-order valence-corrected chi connectivity index (χ2v) is 17.6. The van der Waals surface area contributed by atoms with Crippen molar-refractivity contribution < 1.29 is 39.8 Å². The molecule has 5 N–H and O–H groups in total. The van der Waals surface area contributed by atoms with E-state index >= 15 is 0 Å². The van der Waals surface area contributed by atoms with Gasteiger partial charge in [0.05, 0.1) is 18.3 Å². The molecular weight excluding hydrogens is 560 g/mol. The Labute approximate surface area is 265 Å². The summed E-state index contributed by atoms with van der Waals surface area (Å²) in [6, 6.07) is 0. The van der Waals surface area contributed by atoms with Gasteiger partial charge < -0.3 is 35.0 Å². The molecule has 0 radical (unpaired) electrons. The zero-order valence-corrected chi connectivity index (χ0v) is 28.6. The average Bonchev–Trinajstić information content (AvgIpc) is 3.33. The van der Waals surface area contributed by atoms with Gasteiger partial charge in [-0.25, -0.2) is 0 Å². The molecule has 4 saturated carbocycles. The van der Waals surface area contributed by atoms with Crippen molar-refractivity contribution in [2.75, 3.05) is 6.61 Å². The second kappa shape index (κ2) is 11.8. The van der Waals surface area contributed by atoms with Crippen LogP contribution in [0.4, 0.5) is 0 Å². The Morgan fingerprint density at radius 3 is 2.20 bits per heavy atom. The van der Waals surface area contributed by atoms with Crippen LogP contribution in [0.2, 0.25) is 0 Å². The van der Waals surface area contributed by atoms with Gasteiger partial charge in [-0.3, -0.25) is 4.79 Å². The van der Waals surface area contributed by atoms with E-state index in [9.17, 15) is 30.3 Å². The Morgan fingerprint density at radius 1 is 0.909 bits per heavy atom. The Bertz CT molecular complexity index is 1060. The summed E-state index contributed by atoms with van der Waals surface area (Å²) < 4.78 is 12.6. The highest BCUT2D eigenvalue weighted by molar-refractivity contribution is 5.84. The van der Waals surface area contributed by atoms with Gasteiger partial charge in [-0.2, -0.15) is 0 Å². The maximum absolute atomic E-state index is 14.6. The third-order valence-corrected chi connectivity index (χ3v) is 14.6. The van der Waals surface area contributed by atoms with Crippen molar-refractivity contribution in [3.63, 3.8) is 0 Å². The fourth-order valence-electron chi connectivity index (χ4n) is 11.7. The molecule has 0 aromatic rings. The largest absolute Gasteiger partial charge is 0.394 e. The quantitative estimate of drug-likeness (QED) is 0.265. The highest BCUT2D eigenvalue weighted by Gasteiger charge is 2.71. The minimum absolute atomic E-state index is 0.00908. The summed E-state index contributed by atoms with van der Waals surface area (Å²) in [5, 5.41) is 52.7. The molecule has 5 rings (SSSR count). The highest BCUT2D eigenvalue weighted by Crippen LogP contribution is 2.75. The summed E-state index contributed by atoms with van der Waals surface area (Å²) >= 11 is 0. The summed E-state index contributed by atoms with van der Waals surface area (Å²) in [6.07, 6.45) is 1.67. The lowest BCUT2D eigenvalue weighted by Gasteiger charge is -2.69. The Morgan fingerprint density at radius 2 is 1.57 bits per heavy atom. The number of Topliss-reactive ketones (excluding diaryl/α,β-unsaturated/α-hetero) is 1. The minimum Gasteiger partial charge on any atom is -0.394 e. The van der Waals surface area contributed by atoms with Crippen molar-refractivity contribution >= 4 is 5.78 Å². The Kier molecular flexibility index (Phi) is 9.32. The summed E-state index contributed by atoms with van der Waals surface area (Å²) in [6.45, 7) is 17.6. The first-order valence-electron chi connectivity index (χ1n) is 17.6. The number of rotatable bonds is 8. The average molecular weight is 623 g/mol. The van der Waals surface area contributed by atoms with E-state index in [0.717, 1.165) is 51.4 Å². The maximum Gasteiger partial charge on any atom is 0.187 e. The smallest absolute Gasteiger partial charge is 0.187 e. The second-order valence-electron chi connectivity index (χ2n) is 17.6. The molecule has 0 spiro atoms. The van der Waals surface area contributed by atoms with Crippen molar-refractivity contribution in [3.05, 3.63) is 0 Å². The number of carbonyl (C=O) groups excluding carboxylic acids is 1. The van der Waals surface area contributed by atoms with E-state index in [1.54, 1.807) is 0 Å². The van der Waals surface area contributed by atoms with Gasteiger partial charge in [0.25, 0.3) is 0 Å². The lowest BCUT2D eigenvalue weighted by atomic mass is 9.35. The Hall–Kier alpha value is -0.610. The van der Waals surface area contributed by atoms with Crippen LogP contribution in [0.15, 0.2) is 0 Å². The van der Waals surface area contributed by atoms with Crippen molar-refractivity contribution in [1.82, 2.24) is 0 Å². The van der Waals surface area contributed by atoms with Gasteiger partial charge in [0, 0.05) is 12.3 Å². The zero-order chi connectivity index (χ0) is 32.6. The lowest BCUT2D eigenvalue weighted by Crippen LogP contribution is -2.66. The molecule has 6 unspecified atom stereocenters. The predicted molar refractivity (Wildman–Crippen MR) is 167 cm³/mol. The van der Waals surface area contributed by atoms with E-state index in [1.807, 2.05) is 0 Å². The standard InChI is InChI=1S/C36H62O8/c1-20(2)10-9-14-36(8,44-31-30(42)29(41)28(40)23(19-37)43-31)21-11-16-35(7)27(21)22(38)18-25-33(5)15-13-26(39)32(3,4)24(33)12-17-34(25,35)6/h20-21,23-31,37,39-42H,9-19H2,1-8H3/t21?,23?,24?,25?,26-,27?,28+,29-,30?,31-,33-,34+,35+,36-/m0/s1. The molecule has 8 nitrogen and oxygen atoms in total. The molecule has 0 aromatic carbocycles. The molecule has 4 aliphatic carbocycles. The number of carbonyl (C=O) groups is 1. The van der Waals surface area contributed by atoms with E-state index < -0.39 is 42.9 Å². The number of aliphatic hydroxyl groups excluding tert-OH is 5. The normalized spacial score (nSPS) is 50.1. The lowest BCUT2D eigenvalue weighted by molar-refractivity contribution is -0.333. The number of hydrogen-bond donors (Lipinski definition) is 5. The molecule has 5 fully saturated rings. The van der Waals surface area contributed by atoms with Crippen LogP contribution >= 0.6 is 0 Å². The molecule has 0 aromatic heterocycles. The van der Waals surface area contributed by atoms with Crippen molar-refractivity contribution in [3.8, 4) is 0 Å². The van der Waals surface area contributed by atoms with Gasteiger partial charge in [-0.1, -0.05) is 61.3 Å². The molecule has 5 aliphatic rings. The van der Waals surface area contributed by atoms with Crippen LogP contribution in [0.25, 0.3) is 0 Å². The Balaban J connectivity index is 1.48. The van der Waals surface area contributed by atoms with Crippen LogP contribution in [-0.2, 0) is 14.3 Å². The van der Waals surface area contributed by atoms with E-state index in [2.05, 4.69) is 55.4 Å². The van der Waals surface area contributed by atoms with Crippen molar-refractivity contribution in [2.45, 2.75) is 162 Å². The summed E-state index contributed by atoms with van der Waals surface area (Å²) in [5.41, 5.74) is -1.26. The van der Waals surface area contributed by atoms with Crippen LogP contribution < -0.4 is 0 Å².